The molecule has 1 atom stereocenters. The van der Waals surface area contributed by atoms with Crippen molar-refractivity contribution in [2.24, 2.45) is 0 Å². The van der Waals surface area contributed by atoms with Gasteiger partial charge in [0.25, 0.3) is 10.2 Å². The van der Waals surface area contributed by atoms with Gasteiger partial charge in [-0.2, -0.15) is 17.4 Å². The summed E-state index contributed by atoms with van der Waals surface area (Å²) in [6, 6.07) is -0.376. The molecule has 2 heterocycles. The Morgan fingerprint density at radius 1 is 1.17 bits per heavy atom. The molecule has 1 aromatic heterocycles. The summed E-state index contributed by atoms with van der Waals surface area (Å²) in [7, 11) is -0.478. The monoisotopic (exact) mass is 355 g/mol. The fraction of sp³-hybridized carbons (Fsp3) is 0.750. The molecule has 2 rings (SSSR count). The molecule has 0 radical (unpaired) electrons. The van der Waals surface area contributed by atoms with Crippen molar-refractivity contribution >= 4 is 16.2 Å². The predicted octanol–water partition coefficient (Wildman–Crippen LogP) is 2.01. The van der Waals surface area contributed by atoms with Crippen LogP contribution in [0, 0.1) is 6.92 Å². The van der Waals surface area contributed by atoms with Crippen molar-refractivity contribution in [2.45, 2.75) is 52.0 Å². The number of hydrogen-bond acceptors (Lipinski definition) is 5. The molecule has 24 heavy (non-hydrogen) atoms. The number of aryl methyl sites for hydroxylation is 1. The smallest absolute Gasteiger partial charge is 0.279 e. The lowest BCUT2D eigenvalue weighted by Crippen LogP contribution is -2.37. The molecular formula is C16H29N5O2S. The van der Waals surface area contributed by atoms with Gasteiger partial charge in [0.2, 0.25) is 5.95 Å². The highest BCUT2D eigenvalue weighted by atomic mass is 32.2. The lowest BCUT2D eigenvalue weighted by atomic mass is 10.1. The van der Waals surface area contributed by atoms with Crippen LogP contribution in [0.4, 0.5) is 5.95 Å². The van der Waals surface area contributed by atoms with E-state index in [-0.39, 0.29) is 6.04 Å². The van der Waals surface area contributed by atoms with E-state index in [4.69, 9.17) is 0 Å². The average molecular weight is 356 g/mol. The van der Waals surface area contributed by atoms with Crippen LogP contribution < -0.4 is 9.62 Å². The molecule has 1 aliphatic heterocycles. The van der Waals surface area contributed by atoms with Gasteiger partial charge in [0, 0.05) is 50.7 Å². The van der Waals surface area contributed by atoms with E-state index >= 15 is 0 Å². The molecule has 7 nitrogen and oxygen atoms in total. The van der Waals surface area contributed by atoms with E-state index in [0.717, 1.165) is 34.6 Å². The molecule has 0 aromatic carbocycles. The Kier molecular flexibility index (Phi) is 6.54. The van der Waals surface area contributed by atoms with Crippen molar-refractivity contribution in [1.29, 1.82) is 0 Å². The summed E-state index contributed by atoms with van der Waals surface area (Å²) >= 11 is 0. The number of nitrogens with zero attached hydrogens (tertiary/aromatic N) is 4. The number of aromatic nitrogens is 2. The Balaban J connectivity index is 2.13. The van der Waals surface area contributed by atoms with E-state index in [1.165, 1.54) is 46.2 Å². The van der Waals surface area contributed by atoms with Crippen LogP contribution in [-0.2, 0) is 10.2 Å². The van der Waals surface area contributed by atoms with Crippen molar-refractivity contribution < 1.29 is 8.42 Å². The van der Waals surface area contributed by atoms with Gasteiger partial charge >= 0.3 is 0 Å². The van der Waals surface area contributed by atoms with E-state index < -0.39 is 10.2 Å². The zero-order valence-electron chi connectivity index (χ0n) is 15.1. The summed E-state index contributed by atoms with van der Waals surface area (Å²) in [6.07, 6.45) is 7.93. The first-order valence-electron chi connectivity index (χ1n) is 8.59. The molecule has 1 fully saturated rings. The van der Waals surface area contributed by atoms with Gasteiger partial charge in [0.15, 0.2) is 0 Å². The molecule has 1 unspecified atom stereocenters. The summed E-state index contributed by atoms with van der Waals surface area (Å²) in [4.78, 5) is 11.4. The third kappa shape index (κ3) is 4.87. The van der Waals surface area contributed by atoms with Gasteiger partial charge in [-0.15, -0.1) is 0 Å². The van der Waals surface area contributed by atoms with E-state index in [9.17, 15) is 8.42 Å². The average Bonchev–Trinajstić information content (AvgIpc) is 2.45. The van der Waals surface area contributed by atoms with Gasteiger partial charge in [-0.05, 0) is 26.7 Å². The van der Waals surface area contributed by atoms with Crippen molar-refractivity contribution in [1.82, 2.24) is 19.0 Å². The summed E-state index contributed by atoms with van der Waals surface area (Å²) in [5.41, 5.74) is 1.62. The number of rotatable bonds is 5. The van der Waals surface area contributed by atoms with Crippen LogP contribution >= 0.6 is 0 Å². The van der Waals surface area contributed by atoms with Crippen LogP contribution in [0.15, 0.2) is 6.20 Å². The lowest BCUT2D eigenvalue weighted by Gasteiger charge is -2.26. The summed E-state index contributed by atoms with van der Waals surface area (Å²) < 4.78 is 27.7. The standard InChI is InChI=1S/C16H29N5O2S/c1-13-15(14(2)19-24(22,23)20(3)4)12-17-16(18-13)21-10-8-6-5-7-9-11-21/h12,14,19H,5-11H2,1-4H3. The summed E-state index contributed by atoms with van der Waals surface area (Å²) in [6.45, 7) is 5.69. The zero-order valence-corrected chi connectivity index (χ0v) is 15.9. The topological polar surface area (TPSA) is 78.4 Å². The Labute approximate surface area is 145 Å². The van der Waals surface area contributed by atoms with Crippen LogP contribution in [0.5, 0.6) is 0 Å². The molecule has 0 amide bonds. The third-order valence-electron chi connectivity index (χ3n) is 4.42. The quantitative estimate of drug-likeness (QED) is 0.874. The Bertz CT molecular complexity index is 640. The fourth-order valence-corrected chi connectivity index (χ4v) is 3.67. The summed E-state index contributed by atoms with van der Waals surface area (Å²) in [5.74, 6) is 0.751. The largest absolute Gasteiger partial charge is 0.341 e. The maximum Gasteiger partial charge on any atom is 0.279 e. The summed E-state index contributed by atoms with van der Waals surface area (Å²) in [5, 5.41) is 0. The van der Waals surface area contributed by atoms with Crippen LogP contribution in [0.25, 0.3) is 0 Å². The number of anilines is 1. The lowest BCUT2D eigenvalue weighted by molar-refractivity contribution is 0.493. The van der Waals surface area contributed by atoms with Crippen molar-refractivity contribution in [3.05, 3.63) is 17.5 Å². The highest BCUT2D eigenvalue weighted by Crippen LogP contribution is 2.20. The van der Waals surface area contributed by atoms with E-state index in [0.29, 0.717) is 0 Å². The molecule has 8 heteroatoms. The SMILES string of the molecule is Cc1nc(N2CCCCCCC2)ncc1C(C)NS(=O)(=O)N(C)C. The molecule has 0 spiro atoms. The van der Waals surface area contributed by atoms with Crippen molar-refractivity contribution in [2.75, 3.05) is 32.1 Å². The van der Waals surface area contributed by atoms with Gasteiger partial charge < -0.3 is 4.90 Å². The van der Waals surface area contributed by atoms with Gasteiger partial charge in [-0.1, -0.05) is 19.3 Å². The minimum atomic E-state index is -3.48. The molecule has 0 bridgehead atoms. The van der Waals surface area contributed by atoms with Crippen LogP contribution in [0.1, 0.15) is 56.3 Å². The minimum absolute atomic E-state index is 0.376. The highest BCUT2D eigenvalue weighted by Gasteiger charge is 2.21. The highest BCUT2D eigenvalue weighted by molar-refractivity contribution is 7.87. The first kappa shape index (κ1) is 19.1. The maximum absolute atomic E-state index is 12.0. The molecule has 1 N–H and O–H groups in total. The molecule has 136 valence electrons. The second-order valence-corrected chi connectivity index (χ2v) is 8.51. The van der Waals surface area contributed by atoms with Gasteiger partial charge in [0.05, 0.1) is 0 Å². The van der Waals surface area contributed by atoms with E-state index in [1.54, 1.807) is 6.20 Å². The fourth-order valence-electron chi connectivity index (χ4n) is 2.88. The van der Waals surface area contributed by atoms with E-state index in [1.807, 2.05) is 13.8 Å². The van der Waals surface area contributed by atoms with Gasteiger partial charge in [-0.25, -0.2) is 9.97 Å². The molecule has 1 aliphatic rings. The normalized spacial score (nSPS) is 18.3. The van der Waals surface area contributed by atoms with E-state index in [2.05, 4.69) is 19.6 Å². The zero-order chi connectivity index (χ0) is 17.7. The van der Waals surface area contributed by atoms with Crippen LogP contribution in [-0.4, -0.2) is 49.9 Å². The van der Waals surface area contributed by atoms with Crippen LogP contribution in [0.3, 0.4) is 0 Å². The first-order chi connectivity index (χ1) is 11.3. The van der Waals surface area contributed by atoms with Gasteiger partial charge in [-0.3, -0.25) is 0 Å². The Morgan fingerprint density at radius 3 is 2.29 bits per heavy atom. The molecule has 1 saturated heterocycles. The molecule has 0 aliphatic carbocycles. The third-order valence-corrected chi connectivity index (χ3v) is 6.03. The molecular weight excluding hydrogens is 326 g/mol. The predicted molar refractivity (Wildman–Crippen MR) is 96.2 cm³/mol. The second-order valence-electron chi connectivity index (χ2n) is 6.59. The maximum atomic E-state index is 12.0. The molecule has 1 aromatic rings. The first-order valence-corrected chi connectivity index (χ1v) is 10.0. The Hall–Kier alpha value is -1.25. The Morgan fingerprint density at radius 2 is 1.75 bits per heavy atom. The van der Waals surface area contributed by atoms with Crippen molar-refractivity contribution in [3.8, 4) is 0 Å². The minimum Gasteiger partial charge on any atom is -0.341 e. The van der Waals surface area contributed by atoms with Gasteiger partial charge in [0.1, 0.15) is 0 Å². The second kappa shape index (κ2) is 8.22. The molecule has 0 saturated carbocycles. The van der Waals surface area contributed by atoms with Crippen molar-refractivity contribution in [3.63, 3.8) is 0 Å². The number of nitrogens with one attached hydrogen (secondary N) is 1. The van der Waals surface area contributed by atoms with Crippen LogP contribution in [0.2, 0.25) is 0 Å². The number of hydrogen-bond donors (Lipinski definition) is 1.